The number of amides is 2. The minimum atomic E-state index is -3.76. The number of anilines is 1. The van der Waals surface area contributed by atoms with Gasteiger partial charge in [0.05, 0.1) is 12.1 Å². The van der Waals surface area contributed by atoms with Gasteiger partial charge in [0.2, 0.25) is 12.1 Å². The molecule has 0 bridgehead atoms. The van der Waals surface area contributed by atoms with Crippen LogP contribution in [0.2, 0.25) is 0 Å². The number of benzene rings is 1. The Morgan fingerprint density at radius 3 is 2.93 bits per heavy atom. The zero-order chi connectivity index (χ0) is 21.6. The van der Waals surface area contributed by atoms with Gasteiger partial charge < -0.3 is 19.8 Å². The number of hydrogen-bond donors (Lipinski definition) is 1. The Morgan fingerprint density at radius 2 is 2.23 bits per heavy atom. The van der Waals surface area contributed by atoms with Crippen LogP contribution in [0.5, 0.6) is 5.75 Å². The zero-order valence-corrected chi connectivity index (χ0v) is 16.7. The third-order valence-corrected chi connectivity index (χ3v) is 5.25. The van der Waals surface area contributed by atoms with Crippen molar-refractivity contribution in [2.24, 2.45) is 11.7 Å². The predicted octanol–water partition coefficient (Wildman–Crippen LogP) is 2.13. The molecule has 0 unspecified atom stereocenters. The van der Waals surface area contributed by atoms with E-state index < -0.39 is 30.0 Å². The van der Waals surface area contributed by atoms with E-state index in [1.807, 2.05) is 6.07 Å². The largest absolute Gasteiger partial charge is 0.491 e. The predicted molar refractivity (Wildman–Crippen MR) is 103 cm³/mol. The van der Waals surface area contributed by atoms with Crippen molar-refractivity contribution in [2.75, 3.05) is 18.1 Å². The van der Waals surface area contributed by atoms with Gasteiger partial charge in [0.15, 0.2) is 5.82 Å². The van der Waals surface area contributed by atoms with Gasteiger partial charge in [-0.15, -0.1) is 0 Å². The molecule has 0 spiro atoms. The smallest absolute Gasteiger partial charge is 0.366 e. The lowest BCUT2D eigenvalue weighted by molar-refractivity contribution is -0.121. The summed E-state index contributed by atoms with van der Waals surface area (Å²) in [5.74, 6) is -0.350. The second-order valence-electron chi connectivity index (χ2n) is 7.27. The quantitative estimate of drug-likeness (QED) is 0.718. The second-order valence-corrected chi connectivity index (χ2v) is 7.78. The molecule has 0 saturated carbocycles. The molecule has 2 amide bonds. The molecule has 2 aromatic rings. The summed E-state index contributed by atoms with van der Waals surface area (Å²) in [6.45, 7) is 1.95. The third-order valence-electron chi connectivity index (χ3n) is 5.06. The number of alkyl halides is 3. The SMILES string of the molecule is C[C@H](Cc1ccc2c(c1)OCCn1cc(N3C(=O)CO[C@H]3C(F)(F)Cl)nc1-2)C(N)=O. The Balaban J connectivity index is 1.69. The van der Waals surface area contributed by atoms with Crippen molar-refractivity contribution in [3.8, 4) is 17.1 Å². The van der Waals surface area contributed by atoms with Crippen molar-refractivity contribution in [3.63, 3.8) is 0 Å². The average Bonchev–Trinajstić information content (AvgIpc) is 3.21. The van der Waals surface area contributed by atoms with Crippen LogP contribution in [0.1, 0.15) is 12.5 Å². The minimum Gasteiger partial charge on any atom is -0.491 e. The Labute approximate surface area is 175 Å². The van der Waals surface area contributed by atoms with Gasteiger partial charge in [-0.05, 0) is 35.7 Å². The number of ether oxygens (including phenoxy) is 2. The number of hydrogen-bond acceptors (Lipinski definition) is 5. The molecule has 1 fully saturated rings. The van der Waals surface area contributed by atoms with Gasteiger partial charge in [-0.1, -0.05) is 13.0 Å². The first-order chi connectivity index (χ1) is 14.1. The Kier molecular flexibility index (Phi) is 5.15. The molecular weight excluding hydrogens is 422 g/mol. The number of nitrogens with two attached hydrogens (primary N) is 1. The van der Waals surface area contributed by atoms with Crippen molar-refractivity contribution in [3.05, 3.63) is 30.0 Å². The van der Waals surface area contributed by atoms with E-state index in [1.54, 1.807) is 23.6 Å². The maximum absolute atomic E-state index is 13.7. The summed E-state index contributed by atoms with van der Waals surface area (Å²) in [5, 5.41) is -3.76. The number of rotatable bonds is 5. The number of primary amides is 1. The standard InChI is InChI=1S/C19H19ClF2N4O4/c1-10(16(23)28)6-11-2-3-12-13(7-11)29-5-4-25-8-14(24-17(12)25)26-15(27)9-30-18(26)19(20,21)22/h2-3,7-8,10,18H,4-6,9H2,1H3,(H2,23,28)/t10-,18+/m1/s1. The summed E-state index contributed by atoms with van der Waals surface area (Å²) in [6.07, 6.45) is 0.0239. The molecule has 2 atom stereocenters. The van der Waals surface area contributed by atoms with Crippen LogP contribution in [0.15, 0.2) is 24.4 Å². The van der Waals surface area contributed by atoms with Crippen molar-refractivity contribution in [1.29, 1.82) is 0 Å². The normalized spacial score (nSPS) is 19.7. The topological polar surface area (TPSA) is 99.7 Å². The van der Waals surface area contributed by atoms with Gasteiger partial charge in [-0.2, -0.15) is 8.78 Å². The van der Waals surface area contributed by atoms with Crippen LogP contribution in [0, 0.1) is 5.92 Å². The van der Waals surface area contributed by atoms with E-state index in [4.69, 9.17) is 26.8 Å². The van der Waals surface area contributed by atoms with Crippen molar-refractivity contribution >= 4 is 29.2 Å². The van der Waals surface area contributed by atoms with Crippen LogP contribution in [-0.2, 0) is 27.3 Å². The van der Waals surface area contributed by atoms with Gasteiger partial charge >= 0.3 is 5.38 Å². The van der Waals surface area contributed by atoms with E-state index in [0.29, 0.717) is 36.7 Å². The highest BCUT2D eigenvalue weighted by atomic mass is 35.5. The molecule has 8 nitrogen and oxygen atoms in total. The first-order valence-corrected chi connectivity index (χ1v) is 9.66. The fraction of sp³-hybridized carbons (Fsp3) is 0.421. The third kappa shape index (κ3) is 3.72. The van der Waals surface area contributed by atoms with E-state index in [-0.39, 0.29) is 11.7 Å². The lowest BCUT2D eigenvalue weighted by atomic mass is 9.99. The highest BCUT2D eigenvalue weighted by molar-refractivity contribution is 6.22. The lowest BCUT2D eigenvalue weighted by Gasteiger charge is -2.24. The molecular formula is C19H19ClF2N4O4. The highest BCUT2D eigenvalue weighted by Crippen LogP contribution is 2.38. The van der Waals surface area contributed by atoms with Gasteiger partial charge in [0, 0.05) is 12.1 Å². The molecule has 11 heteroatoms. The number of halogens is 3. The van der Waals surface area contributed by atoms with Gasteiger partial charge in [0.1, 0.15) is 24.8 Å². The van der Waals surface area contributed by atoms with E-state index in [2.05, 4.69) is 4.98 Å². The Bertz CT molecular complexity index is 1010. The number of imidazole rings is 1. The molecule has 1 aromatic carbocycles. The Hall–Kier alpha value is -2.72. The maximum Gasteiger partial charge on any atom is 0.366 e. The lowest BCUT2D eigenvalue weighted by Crippen LogP contribution is -2.43. The van der Waals surface area contributed by atoms with Crippen LogP contribution >= 0.6 is 11.6 Å². The minimum absolute atomic E-state index is 0.0251. The van der Waals surface area contributed by atoms with Crippen LogP contribution in [0.3, 0.4) is 0 Å². The number of nitrogens with zero attached hydrogens (tertiary/aromatic N) is 3. The number of aromatic nitrogens is 2. The zero-order valence-electron chi connectivity index (χ0n) is 16.0. The summed E-state index contributed by atoms with van der Waals surface area (Å²) >= 11 is 5.12. The fourth-order valence-electron chi connectivity index (χ4n) is 3.52. The summed E-state index contributed by atoms with van der Waals surface area (Å²) in [5.41, 5.74) is 6.84. The summed E-state index contributed by atoms with van der Waals surface area (Å²) in [4.78, 5) is 28.7. The van der Waals surface area contributed by atoms with Crippen molar-refractivity contribution in [1.82, 2.24) is 9.55 Å². The average molecular weight is 441 g/mol. The van der Waals surface area contributed by atoms with Gasteiger partial charge in [-0.25, -0.2) is 4.98 Å². The van der Waals surface area contributed by atoms with E-state index in [9.17, 15) is 18.4 Å². The van der Waals surface area contributed by atoms with Crippen molar-refractivity contribution in [2.45, 2.75) is 31.5 Å². The van der Waals surface area contributed by atoms with E-state index in [1.165, 1.54) is 6.20 Å². The van der Waals surface area contributed by atoms with Crippen LogP contribution in [0.25, 0.3) is 11.4 Å². The molecule has 1 aromatic heterocycles. The summed E-state index contributed by atoms with van der Waals surface area (Å²) in [6, 6.07) is 5.41. The molecule has 0 aliphatic carbocycles. The number of fused-ring (bicyclic) bond motifs is 3. The number of carbonyl (C=O) groups excluding carboxylic acids is 2. The fourth-order valence-corrected chi connectivity index (χ4v) is 3.68. The molecule has 0 radical (unpaired) electrons. The first kappa shape index (κ1) is 20.5. The molecule has 2 aliphatic rings. The summed E-state index contributed by atoms with van der Waals surface area (Å²) in [7, 11) is 0. The maximum atomic E-state index is 13.7. The van der Waals surface area contributed by atoms with Crippen LogP contribution in [-0.4, -0.2) is 46.2 Å². The Morgan fingerprint density at radius 1 is 1.47 bits per heavy atom. The molecule has 1 saturated heterocycles. The van der Waals surface area contributed by atoms with Gasteiger partial charge in [0.25, 0.3) is 5.91 Å². The van der Waals surface area contributed by atoms with E-state index >= 15 is 0 Å². The van der Waals surface area contributed by atoms with Gasteiger partial charge in [-0.3, -0.25) is 14.5 Å². The van der Waals surface area contributed by atoms with Crippen LogP contribution in [0.4, 0.5) is 14.6 Å². The monoisotopic (exact) mass is 440 g/mol. The molecule has 30 heavy (non-hydrogen) atoms. The van der Waals surface area contributed by atoms with Crippen LogP contribution < -0.4 is 15.4 Å². The highest BCUT2D eigenvalue weighted by Gasteiger charge is 2.50. The molecule has 4 rings (SSSR count). The summed E-state index contributed by atoms with van der Waals surface area (Å²) < 4.78 is 39.8. The van der Waals surface area contributed by atoms with E-state index in [0.717, 1.165) is 10.5 Å². The molecule has 3 heterocycles. The molecule has 2 N–H and O–H groups in total. The van der Waals surface area contributed by atoms with Crippen molar-refractivity contribution < 1.29 is 27.8 Å². The second kappa shape index (κ2) is 7.51. The molecule has 160 valence electrons. The number of carbonyl (C=O) groups is 2. The molecule has 2 aliphatic heterocycles. The first-order valence-electron chi connectivity index (χ1n) is 9.28.